The van der Waals surface area contributed by atoms with Gasteiger partial charge in [0.15, 0.2) is 17.4 Å². The summed E-state index contributed by atoms with van der Waals surface area (Å²) in [4.78, 5) is 26.5. The van der Waals surface area contributed by atoms with Crippen LogP contribution >= 0.6 is 11.3 Å². The fourth-order valence-corrected chi connectivity index (χ4v) is 3.74. The molecule has 4 nitrogen and oxygen atoms in total. The molecule has 2 aromatic rings. The lowest BCUT2D eigenvalue weighted by atomic mass is 10.1. The molecule has 1 amide bonds. The number of anilines is 1. The van der Waals surface area contributed by atoms with Crippen molar-refractivity contribution in [2.75, 3.05) is 24.5 Å². The van der Waals surface area contributed by atoms with Gasteiger partial charge in [-0.3, -0.25) is 9.59 Å². The minimum atomic E-state index is -0.853. The first kappa shape index (κ1) is 18.5. The lowest BCUT2D eigenvalue weighted by Crippen LogP contribution is -2.31. The van der Waals surface area contributed by atoms with Gasteiger partial charge < -0.3 is 10.2 Å². The molecule has 0 saturated carbocycles. The van der Waals surface area contributed by atoms with Crippen LogP contribution in [0.15, 0.2) is 35.7 Å². The number of hydrogen-bond donors (Lipinski definition) is 1. The maximum atomic E-state index is 13.4. The van der Waals surface area contributed by atoms with Crippen molar-refractivity contribution in [3.05, 3.63) is 52.2 Å². The standard InChI is InChI=1S/C19H20F2N2O2S/c20-15-4-3-14(10-16(15)21)23-8-7-13(12-23)11-22-19(25)6-5-17(24)18-2-1-9-26-18/h1-4,9-10,13H,5-8,11-12H2,(H,22,25). The Morgan fingerprint density at radius 1 is 1.19 bits per heavy atom. The van der Waals surface area contributed by atoms with Crippen molar-refractivity contribution in [2.24, 2.45) is 5.92 Å². The van der Waals surface area contributed by atoms with Gasteiger partial charge in [-0.05, 0) is 35.9 Å². The molecular formula is C19H20F2N2O2S. The van der Waals surface area contributed by atoms with Crippen LogP contribution < -0.4 is 10.2 Å². The summed E-state index contributed by atoms with van der Waals surface area (Å²) in [7, 11) is 0. The topological polar surface area (TPSA) is 49.4 Å². The molecule has 1 N–H and O–H groups in total. The second-order valence-electron chi connectivity index (χ2n) is 6.40. The van der Waals surface area contributed by atoms with Gasteiger partial charge in [-0.25, -0.2) is 8.78 Å². The van der Waals surface area contributed by atoms with Gasteiger partial charge in [-0.1, -0.05) is 6.07 Å². The number of benzene rings is 1. The Morgan fingerprint density at radius 3 is 2.77 bits per heavy atom. The Bertz CT molecular complexity index is 780. The van der Waals surface area contributed by atoms with Crippen molar-refractivity contribution in [1.29, 1.82) is 0 Å². The zero-order valence-electron chi connectivity index (χ0n) is 14.2. The molecule has 7 heteroatoms. The van der Waals surface area contributed by atoms with Crippen LogP contribution in [0.3, 0.4) is 0 Å². The normalized spacial score (nSPS) is 16.7. The van der Waals surface area contributed by atoms with E-state index in [1.165, 1.54) is 17.4 Å². The third-order valence-corrected chi connectivity index (χ3v) is 5.43. The SMILES string of the molecule is O=C(CCC(=O)c1cccs1)NCC1CCN(c2ccc(F)c(F)c2)C1. The molecule has 1 unspecified atom stereocenters. The van der Waals surface area contributed by atoms with E-state index in [-0.39, 0.29) is 30.4 Å². The summed E-state index contributed by atoms with van der Waals surface area (Å²) in [6.45, 7) is 1.94. The first-order valence-electron chi connectivity index (χ1n) is 8.56. The molecular weight excluding hydrogens is 358 g/mol. The van der Waals surface area contributed by atoms with Crippen LogP contribution in [0, 0.1) is 17.6 Å². The maximum Gasteiger partial charge on any atom is 0.220 e. The number of rotatable bonds is 7. The van der Waals surface area contributed by atoms with Gasteiger partial charge in [0.05, 0.1) is 4.88 Å². The molecule has 1 aromatic carbocycles. The van der Waals surface area contributed by atoms with Crippen molar-refractivity contribution < 1.29 is 18.4 Å². The molecule has 1 aliphatic rings. The fraction of sp³-hybridized carbons (Fsp3) is 0.368. The number of nitrogens with zero attached hydrogens (tertiary/aromatic N) is 1. The van der Waals surface area contributed by atoms with Crippen LogP contribution in [-0.2, 0) is 4.79 Å². The third kappa shape index (κ3) is 4.66. The molecule has 0 aliphatic carbocycles. The summed E-state index contributed by atoms with van der Waals surface area (Å²) < 4.78 is 26.4. The minimum Gasteiger partial charge on any atom is -0.371 e. The largest absolute Gasteiger partial charge is 0.371 e. The number of carbonyl (C=O) groups excluding carboxylic acids is 2. The molecule has 1 aromatic heterocycles. The number of hydrogen-bond acceptors (Lipinski definition) is 4. The molecule has 1 aliphatic heterocycles. The number of halogens is 2. The Hall–Kier alpha value is -2.28. The van der Waals surface area contributed by atoms with E-state index in [2.05, 4.69) is 5.32 Å². The lowest BCUT2D eigenvalue weighted by molar-refractivity contribution is -0.121. The summed E-state index contributed by atoms with van der Waals surface area (Å²) >= 11 is 1.38. The van der Waals surface area contributed by atoms with Gasteiger partial charge in [0.25, 0.3) is 0 Å². The first-order valence-corrected chi connectivity index (χ1v) is 9.44. The van der Waals surface area contributed by atoms with E-state index < -0.39 is 11.6 Å². The number of Topliss-reactive ketones (excluding diaryl/α,β-unsaturated/α-hetero) is 1. The van der Waals surface area contributed by atoms with Gasteiger partial charge in [0.1, 0.15) is 0 Å². The monoisotopic (exact) mass is 378 g/mol. The highest BCUT2D eigenvalue weighted by atomic mass is 32.1. The first-order chi connectivity index (χ1) is 12.5. The van der Waals surface area contributed by atoms with Gasteiger partial charge in [0, 0.05) is 44.2 Å². The molecule has 0 spiro atoms. The number of carbonyl (C=O) groups is 2. The van der Waals surface area contributed by atoms with Crippen LogP contribution in [0.1, 0.15) is 28.9 Å². The predicted molar refractivity (Wildman–Crippen MR) is 97.6 cm³/mol. The number of ketones is 1. The van der Waals surface area contributed by atoms with Gasteiger partial charge >= 0.3 is 0 Å². The van der Waals surface area contributed by atoms with Crippen molar-refractivity contribution in [3.63, 3.8) is 0 Å². The van der Waals surface area contributed by atoms with Crippen LogP contribution in [-0.4, -0.2) is 31.3 Å². The second-order valence-corrected chi connectivity index (χ2v) is 7.35. The smallest absolute Gasteiger partial charge is 0.220 e. The lowest BCUT2D eigenvalue weighted by Gasteiger charge is -2.19. The quantitative estimate of drug-likeness (QED) is 0.749. The summed E-state index contributed by atoms with van der Waals surface area (Å²) in [5, 5.41) is 4.71. The molecule has 26 heavy (non-hydrogen) atoms. The molecule has 3 rings (SSSR count). The van der Waals surface area contributed by atoms with E-state index in [0.29, 0.717) is 23.7 Å². The van der Waals surface area contributed by atoms with Gasteiger partial charge in [-0.2, -0.15) is 0 Å². The van der Waals surface area contributed by atoms with E-state index in [0.717, 1.165) is 19.0 Å². The minimum absolute atomic E-state index is 0.0134. The third-order valence-electron chi connectivity index (χ3n) is 4.52. The molecule has 1 atom stereocenters. The van der Waals surface area contributed by atoms with Crippen molar-refractivity contribution in [1.82, 2.24) is 5.32 Å². The highest BCUT2D eigenvalue weighted by molar-refractivity contribution is 7.12. The summed E-state index contributed by atoms with van der Waals surface area (Å²) in [5.74, 6) is -1.61. The van der Waals surface area contributed by atoms with Crippen LogP contribution in [0.2, 0.25) is 0 Å². The van der Waals surface area contributed by atoms with E-state index in [4.69, 9.17) is 0 Å². The second kappa shape index (κ2) is 8.40. The Labute approximate surface area is 154 Å². The molecule has 0 bridgehead atoms. The molecule has 0 radical (unpaired) electrons. The average molecular weight is 378 g/mol. The molecule has 1 fully saturated rings. The zero-order valence-corrected chi connectivity index (χ0v) is 15.0. The van der Waals surface area contributed by atoms with E-state index in [9.17, 15) is 18.4 Å². The van der Waals surface area contributed by atoms with Gasteiger partial charge in [-0.15, -0.1) is 11.3 Å². The summed E-state index contributed by atoms with van der Waals surface area (Å²) in [6, 6.07) is 7.47. The zero-order chi connectivity index (χ0) is 18.5. The van der Waals surface area contributed by atoms with Crippen molar-refractivity contribution >= 4 is 28.7 Å². The summed E-state index contributed by atoms with van der Waals surface area (Å²) in [5.41, 5.74) is 0.652. The van der Waals surface area contributed by atoms with Gasteiger partial charge in [0.2, 0.25) is 5.91 Å². The Morgan fingerprint density at radius 2 is 2.04 bits per heavy atom. The maximum absolute atomic E-state index is 13.4. The summed E-state index contributed by atoms with van der Waals surface area (Å²) in [6.07, 6.45) is 1.25. The molecule has 138 valence electrons. The van der Waals surface area contributed by atoms with Crippen LogP contribution in [0.4, 0.5) is 14.5 Å². The van der Waals surface area contributed by atoms with Crippen LogP contribution in [0.5, 0.6) is 0 Å². The molecule has 1 saturated heterocycles. The van der Waals surface area contributed by atoms with Crippen molar-refractivity contribution in [2.45, 2.75) is 19.3 Å². The Balaban J connectivity index is 1.40. The molecule has 2 heterocycles. The van der Waals surface area contributed by atoms with Crippen LogP contribution in [0.25, 0.3) is 0 Å². The predicted octanol–water partition coefficient (Wildman–Crippen LogP) is 3.63. The highest BCUT2D eigenvalue weighted by Gasteiger charge is 2.24. The van der Waals surface area contributed by atoms with E-state index >= 15 is 0 Å². The van der Waals surface area contributed by atoms with E-state index in [1.807, 2.05) is 16.3 Å². The fourth-order valence-electron chi connectivity index (χ4n) is 3.05. The number of nitrogens with one attached hydrogen (secondary N) is 1. The highest BCUT2D eigenvalue weighted by Crippen LogP contribution is 2.25. The van der Waals surface area contributed by atoms with Crippen molar-refractivity contribution in [3.8, 4) is 0 Å². The number of thiophene rings is 1. The average Bonchev–Trinajstić information content (AvgIpc) is 3.32. The number of amides is 1. The van der Waals surface area contributed by atoms with E-state index in [1.54, 1.807) is 12.1 Å². The Kier molecular flexibility index (Phi) is 5.98.